The lowest BCUT2D eigenvalue weighted by Gasteiger charge is -2.07. The molecule has 1 heterocycles. The lowest BCUT2D eigenvalue weighted by Crippen LogP contribution is -2.00. The van der Waals surface area contributed by atoms with Crippen LogP contribution in [0.4, 0.5) is 5.69 Å². The summed E-state index contributed by atoms with van der Waals surface area (Å²) in [5, 5.41) is 4.01. The Morgan fingerprint density at radius 3 is 2.88 bits per heavy atom. The highest BCUT2D eigenvalue weighted by molar-refractivity contribution is 9.10. The van der Waals surface area contributed by atoms with Gasteiger partial charge in [-0.25, -0.2) is 0 Å². The monoisotopic (exact) mass is 296 g/mol. The number of hydrogen-bond acceptors (Lipinski definition) is 2. The first kappa shape index (κ1) is 11.4. The maximum atomic E-state index is 6.11. The molecule has 0 aliphatic heterocycles. The molecule has 0 amide bonds. The minimum atomic E-state index is 0.692. The van der Waals surface area contributed by atoms with E-state index in [4.69, 9.17) is 11.6 Å². The Morgan fingerprint density at radius 1 is 1.31 bits per heavy atom. The Balaban J connectivity index is 2.05. The van der Waals surface area contributed by atoms with E-state index in [1.54, 1.807) is 12.4 Å². The van der Waals surface area contributed by atoms with E-state index in [9.17, 15) is 0 Å². The normalized spacial score (nSPS) is 10.1. The molecule has 0 saturated carbocycles. The summed E-state index contributed by atoms with van der Waals surface area (Å²) >= 11 is 9.49. The molecular weight excluding hydrogens is 288 g/mol. The summed E-state index contributed by atoms with van der Waals surface area (Å²) in [6.45, 7) is 0.692. The molecule has 1 aromatic heterocycles. The van der Waals surface area contributed by atoms with Gasteiger partial charge in [0.1, 0.15) is 0 Å². The van der Waals surface area contributed by atoms with Gasteiger partial charge in [0.2, 0.25) is 0 Å². The van der Waals surface area contributed by atoms with Crippen LogP contribution in [0.1, 0.15) is 5.56 Å². The van der Waals surface area contributed by atoms with Crippen LogP contribution in [-0.2, 0) is 6.54 Å². The van der Waals surface area contributed by atoms with Crippen LogP contribution in [0.2, 0.25) is 5.02 Å². The van der Waals surface area contributed by atoms with Crippen molar-refractivity contribution in [1.29, 1.82) is 0 Å². The highest BCUT2D eigenvalue weighted by Crippen LogP contribution is 2.22. The molecule has 1 aromatic carbocycles. The van der Waals surface area contributed by atoms with Gasteiger partial charge in [-0.05, 0) is 29.8 Å². The second-order valence-electron chi connectivity index (χ2n) is 3.33. The number of pyridine rings is 1. The van der Waals surface area contributed by atoms with E-state index in [0.717, 1.165) is 20.7 Å². The van der Waals surface area contributed by atoms with Gasteiger partial charge in [-0.15, -0.1) is 0 Å². The fourth-order valence-corrected chi connectivity index (χ4v) is 2.07. The molecule has 16 heavy (non-hydrogen) atoms. The van der Waals surface area contributed by atoms with Gasteiger partial charge in [0.05, 0.1) is 5.69 Å². The number of nitrogens with zero attached hydrogens (tertiary/aromatic N) is 1. The molecule has 0 radical (unpaired) electrons. The Bertz CT molecular complexity index is 474. The molecule has 0 saturated heterocycles. The number of halogens is 2. The van der Waals surface area contributed by atoms with Gasteiger partial charge in [0, 0.05) is 28.4 Å². The molecule has 0 unspecified atom stereocenters. The number of anilines is 1. The summed E-state index contributed by atoms with van der Waals surface area (Å²) in [5.74, 6) is 0. The Labute approximate surface area is 108 Å². The fourth-order valence-electron chi connectivity index (χ4n) is 1.33. The van der Waals surface area contributed by atoms with Gasteiger partial charge in [-0.1, -0.05) is 33.6 Å². The summed E-state index contributed by atoms with van der Waals surface area (Å²) in [4.78, 5) is 4.03. The summed E-state index contributed by atoms with van der Waals surface area (Å²) in [5.41, 5.74) is 2.05. The Morgan fingerprint density at radius 2 is 2.19 bits per heavy atom. The molecule has 82 valence electrons. The molecule has 0 spiro atoms. The molecule has 0 aliphatic carbocycles. The van der Waals surface area contributed by atoms with Crippen molar-refractivity contribution in [2.24, 2.45) is 0 Å². The van der Waals surface area contributed by atoms with Crippen molar-refractivity contribution in [2.75, 3.05) is 5.32 Å². The lowest BCUT2D eigenvalue weighted by molar-refractivity contribution is 1.14. The maximum absolute atomic E-state index is 6.11. The number of rotatable bonds is 3. The van der Waals surface area contributed by atoms with E-state index in [2.05, 4.69) is 26.2 Å². The van der Waals surface area contributed by atoms with Gasteiger partial charge in [0.25, 0.3) is 0 Å². The van der Waals surface area contributed by atoms with E-state index >= 15 is 0 Å². The van der Waals surface area contributed by atoms with Crippen molar-refractivity contribution in [1.82, 2.24) is 4.98 Å². The smallest absolute Gasteiger partial charge is 0.0529 e. The summed E-state index contributed by atoms with van der Waals surface area (Å²) < 4.78 is 0.989. The second-order valence-corrected chi connectivity index (χ2v) is 4.65. The molecule has 1 N–H and O–H groups in total. The van der Waals surface area contributed by atoms with Crippen molar-refractivity contribution in [2.45, 2.75) is 6.54 Å². The number of nitrogens with one attached hydrogen (secondary N) is 1. The van der Waals surface area contributed by atoms with Crippen molar-refractivity contribution < 1.29 is 0 Å². The van der Waals surface area contributed by atoms with Crippen molar-refractivity contribution >= 4 is 33.2 Å². The molecule has 0 bridgehead atoms. The third kappa shape index (κ3) is 2.97. The highest BCUT2D eigenvalue weighted by Gasteiger charge is 2.00. The van der Waals surface area contributed by atoms with Gasteiger partial charge in [-0.2, -0.15) is 0 Å². The molecular formula is C12H10BrClN2. The lowest BCUT2D eigenvalue weighted by atomic mass is 10.2. The van der Waals surface area contributed by atoms with Crippen LogP contribution in [0, 0.1) is 0 Å². The zero-order chi connectivity index (χ0) is 11.4. The molecule has 2 rings (SSSR count). The fraction of sp³-hybridized carbons (Fsp3) is 0.0833. The zero-order valence-corrected chi connectivity index (χ0v) is 10.8. The molecule has 2 nitrogen and oxygen atoms in total. The number of hydrogen-bond donors (Lipinski definition) is 1. The average Bonchev–Trinajstić information content (AvgIpc) is 2.29. The summed E-state index contributed by atoms with van der Waals surface area (Å²) in [6.07, 6.45) is 3.53. The van der Waals surface area contributed by atoms with Gasteiger partial charge in [0.15, 0.2) is 0 Å². The molecule has 0 fully saturated rings. The van der Waals surface area contributed by atoms with E-state index in [1.165, 1.54) is 0 Å². The van der Waals surface area contributed by atoms with Crippen LogP contribution in [0.15, 0.2) is 47.2 Å². The standard InChI is InChI=1S/C12H10BrClN2/c13-10-4-3-9(12(14)6-10)7-16-11-2-1-5-15-8-11/h1-6,8,16H,7H2. The second kappa shape index (κ2) is 5.32. The molecule has 4 heteroatoms. The van der Waals surface area contributed by atoms with Crippen molar-refractivity contribution in [3.8, 4) is 0 Å². The first-order valence-electron chi connectivity index (χ1n) is 4.83. The van der Waals surface area contributed by atoms with E-state index in [-0.39, 0.29) is 0 Å². The van der Waals surface area contributed by atoms with Crippen LogP contribution in [0.5, 0.6) is 0 Å². The van der Waals surface area contributed by atoms with Gasteiger partial charge in [-0.3, -0.25) is 4.98 Å². The predicted molar refractivity (Wildman–Crippen MR) is 70.7 cm³/mol. The van der Waals surface area contributed by atoms with Gasteiger partial charge < -0.3 is 5.32 Å². The number of benzene rings is 1. The van der Waals surface area contributed by atoms with Crippen LogP contribution in [0.25, 0.3) is 0 Å². The predicted octanol–water partition coefficient (Wildman–Crippen LogP) is 4.11. The van der Waals surface area contributed by atoms with E-state index in [1.807, 2.05) is 30.3 Å². The average molecular weight is 298 g/mol. The largest absolute Gasteiger partial charge is 0.380 e. The van der Waals surface area contributed by atoms with Gasteiger partial charge >= 0.3 is 0 Å². The van der Waals surface area contributed by atoms with E-state index < -0.39 is 0 Å². The Hall–Kier alpha value is -1.06. The van der Waals surface area contributed by atoms with E-state index in [0.29, 0.717) is 6.54 Å². The third-order valence-electron chi connectivity index (χ3n) is 2.16. The number of aromatic nitrogens is 1. The van der Waals surface area contributed by atoms with Crippen molar-refractivity contribution in [3.05, 3.63) is 57.8 Å². The van der Waals surface area contributed by atoms with Crippen LogP contribution >= 0.6 is 27.5 Å². The summed E-state index contributed by atoms with van der Waals surface area (Å²) in [7, 11) is 0. The van der Waals surface area contributed by atoms with Crippen molar-refractivity contribution in [3.63, 3.8) is 0 Å². The molecule has 2 aromatic rings. The minimum Gasteiger partial charge on any atom is -0.380 e. The van der Waals surface area contributed by atoms with Crippen LogP contribution in [0.3, 0.4) is 0 Å². The molecule has 0 aliphatic rings. The topological polar surface area (TPSA) is 24.9 Å². The molecule has 0 atom stereocenters. The Kier molecular flexibility index (Phi) is 3.80. The maximum Gasteiger partial charge on any atom is 0.0529 e. The summed E-state index contributed by atoms with van der Waals surface area (Å²) in [6, 6.07) is 9.73. The third-order valence-corrected chi connectivity index (χ3v) is 3.00. The first-order chi connectivity index (χ1) is 7.75. The first-order valence-corrected chi connectivity index (χ1v) is 6.00. The highest BCUT2D eigenvalue weighted by atomic mass is 79.9. The SMILES string of the molecule is Clc1cc(Br)ccc1CNc1cccnc1. The zero-order valence-electron chi connectivity index (χ0n) is 8.45. The van der Waals surface area contributed by atoms with Crippen LogP contribution < -0.4 is 5.32 Å². The van der Waals surface area contributed by atoms with Crippen LogP contribution in [-0.4, -0.2) is 4.98 Å². The minimum absolute atomic E-state index is 0.692. The quantitative estimate of drug-likeness (QED) is 0.922.